The molecular formula is C20H23ClN4O2. The number of aromatic nitrogens is 2. The molecule has 0 unspecified atom stereocenters. The zero-order chi connectivity index (χ0) is 19.1. The number of carbonyl (C=O) groups excluding carboxylic acids is 1. The summed E-state index contributed by atoms with van der Waals surface area (Å²) in [5.74, 6) is 0.781. The summed E-state index contributed by atoms with van der Waals surface area (Å²) in [4.78, 5) is 20.8. The minimum absolute atomic E-state index is 0.296. The number of rotatable bonds is 7. The third-order valence-corrected chi connectivity index (χ3v) is 4.73. The Bertz CT molecular complexity index is 821. The average Bonchev–Trinajstić information content (AvgIpc) is 2.69. The summed E-state index contributed by atoms with van der Waals surface area (Å²) in [7, 11) is 1.54. The van der Waals surface area contributed by atoms with Gasteiger partial charge in [0.05, 0.1) is 17.7 Å². The van der Waals surface area contributed by atoms with Gasteiger partial charge < -0.3 is 15.4 Å². The number of hydrogen-bond acceptors (Lipinski definition) is 5. The van der Waals surface area contributed by atoms with Crippen LogP contribution in [-0.4, -0.2) is 29.5 Å². The molecule has 2 N–H and O–H groups in total. The molecule has 6 nitrogen and oxygen atoms in total. The highest BCUT2D eigenvalue weighted by molar-refractivity contribution is 6.32. The normalized spacial score (nSPS) is 13.6. The predicted molar refractivity (Wildman–Crippen MR) is 108 cm³/mol. The number of carbonyl (C=O) groups is 1. The molecule has 0 radical (unpaired) electrons. The third kappa shape index (κ3) is 5.44. The first-order valence-electron chi connectivity index (χ1n) is 9.04. The summed E-state index contributed by atoms with van der Waals surface area (Å²) in [5.41, 5.74) is 2.46. The van der Waals surface area contributed by atoms with E-state index in [1.165, 1.54) is 43.7 Å². The quantitative estimate of drug-likeness (QED) is 0.675. The van der Waals surface area contributed by atoms with Crippen LogP contribution in [0.2, 0.25) is 5.02 Å². The second-order valence-electron chi connectivity index (χ2n) is 6.38. The van der Waals surface area contributed by atoms with E-state index in [1.807, 2.05) is 0 Å². The van der Waals surface area contributed by atoms with E-state index in [9.17, 15) is 4.79 Å². The molecular weight excluding hydrogens is 364 g/mol. The van der Waals surface area contributed by atoms with Crippen LogP contribution in [0.15, 0.2) is 42.2 Å². The number of allylic oxidation sites excluding steroid dienone is 1. The number of ether oxygens (including phenoxy) is 1. The number of nitrogens with one attached hydrogen (secondary N) is 2. The van der Waals surface area contributed by atoms with E-state index in [4.69, 9.17) is 16.3 Å². The lowest BCUT2D eigenvalue weighted by Crippen LogP contribution is -2.14. The fraction of sp³-hybridized carbons (Fsp3) is 0.350. The molecule has 3 rings (SSSR count). The summed E-state index contributed by atoms with van der Waals surface area (Å²) < 4.78 is 5.10. The maximum Gasteiger partial charge on any atom is 0.258 e. The topological polar surface area (TPSA) is 76.1 Å². The van der Waals surface area contributed by atoms with Crippen LogP contribution in [0.25, 0.3) is 0 Å². The summed E-state index contributed by atoms with van der Waals surface area (Å²) in [6.07, 6.45) is 11.3. The van der Waals surface area contributed by atoms with E-state index >= 15 is 0 Å². The highest BCUT2D eigenvalue weighted by Gasteiger charge is 2.10. The Hall–Kier alpha value is -2.60. The van der Waals surface area contributed by atoms with E-state index < -0.39 is 0 Å². The molecule has 0 saturated heterocycles. The second-order valence-corrected chi connectivity index (χ2v) is 6.79. The number of hydrogen-bond donors (Lipinski definition) is 2. The lowest BCUT2D eigenvalue weighted by atomic mass is 9.97. The Kier molecular flexibility index (Phi) is 6.65. The van der Waals surface area contributed by atoms with Gasteiger partial charge in [0.25, 0.3) is 5.91 Å². The van der Waals surface area contributed by atoms with Crippen molar-refractivity contribution in [1.29, 1.82) is 0 Å². The minimum Gasteiger partial charge on any atom is -0.495 e. The van der Waals surface area contributed by atoms with E-state index in [1.54, 1.807) is 25.3 Å². The van der Waals surface area contributed by atoms with Crippen molar-refractivity contribution < 1.29 is 9.53 Å². The smallest absolute Gasteiger partial charge is 0.258 e. The zero-order valence-corrected chi connectivity index (χ0v) is 16.1. The fourth-order valence-corrected chi connectivity index (χ4v) is 3.21. The van der Waals surface area contributed by atoms with E-state index in [2.05, 4.69) is 26.7 Å². The Morgan fingerprint density at radius 1 is 1.26 bits per heavy atom. The van der Waals surface area contributed by atoms with E-state index in [0.717, 1.165) is 13.0 Å². The SMILES string of the molecule is COc1ccc(NC(=O)c2cnc(NCCC3=CCCCC3)nc2)cc1Cl. The Morgan fingerprint density at radius 3 is 2.74 bits per heavy atom. The molecule has 7 heteroatoms. The van der Waals surface area contributed by atoms with Crippen molar-refractivity contribution >= 4 is 29.1 Å². The Morgan fingerprint density at radius 2 is 2.07 bits per heavy atom. The fourth-order valence-electron chi connectivity index (χ4n) is 2.95. The van der Waals surface area contributed by atoms with Gasteiger partial charge in [0.2, 0.25) is 5.95 Å². The lowest BCUT2D eigenvalue weighted by molar-refractivity contribution is 0.102. The number of methoxy groups -OCH3 is 1. The molecule has 0 saturated carbocycles. The number of benzene rings is 1. The standard InChI is InChI=1S/C20H23ClN4O2/c1-27-18-8-7-16(11-17(18)21)25-19(26)15-12-23-20(24-13-15)22-10-9-14-5-3-2-4-6-14/h5,7-8,11-13H,2-4,6,9-10H2,1H3,(H,25,26)(H,22,23,24). The van der Waals surface area contributed by atoms with Gasteiger partial charge >= 0.3 is 0 Å². The number of amides is 1. The average molecular weight is 387 g/mol. The van der Waals surface area contributed by atoms with Gasteiger partial charge in [-0.2, -0.15) is 0 Å². The Labute approximate surface area is 164 Å². The molecule has 1 aromatic carbocycles. The van der Waals surface area contributed by atoms with Gasteiger partial charge in [-0.15, -0.1) is 0 Å². The molecule has 1 heterocycles. The Balaban J connectivity index is 1.52. The van der Waals surface area contributed by atoms with Crippen molar-refractivity contribution in [1.82, 2.24) is 9.97 Å². The molecule has 2 aromatic rings. The van der Waals surface area contributed by atoms with Gasteiger partial charge in [-0.1, -0.05) is 23.3 Å². The number of nitrogens with zero attached hydrogens (tertiary/aromatic N) is 2. The van der Waals surface area contributed by atoms with Crippen LogP contribution in [0.1, 0.15) is 42.5 Å². The molecule has 1 aliphatic carbocycles. The molecule has 0 aliphatic heterocycles. The van der Waals surface area contributed by atoms with Crippen LogP contribution in [0.5, 0.6) is 5.75 Å². The van der Waals surface area contributed by atoms with Crippen LogP contribution in [0, 0.1) is 0 Å². The number of halogens is 1. The van der Waals surface area contributed by atoms with Crippen molar-refractivity contribution in [2.75, 3.05) is 24.3 Å². The summed E-state index contributed by atoms with van der Waals surface area (Å²) in [5, 5.41) is 6.40. The van der Waals surface area contributed by atoms with Crippen molar-refractivity contribution in [3.63, 3.8) is 0 Å². The molecule has 0 atom stereocenters. The van der Waals surface area contributed by atoms with Crippen LogP contribution < -0.4 is 15.4 Å². The summed E-state index contributed by atoms with van der Waals surface area (Å²) in [6, 6.07) is 5.05. The first kappa shape index (κ1) is 19.2. The molecule has 27 heavy (non-hydrogen) atoms. The molecule has 0 spiro atoms. The molecule has 1 aliphatic rings. The van der Waals surface area contributed by atoms with Crippen LogP contribution in [0.4, 0.5) is 11.6 Å². The predicted octanol–water partition coefficient (Wildman–Crippen LogP) is 4.69. The molecule has 1 aromatic heterocycles. The first-order chi connectivity index (χ1) is 13.2. The maximum atomic E-state index is 12.3. The summed E-state index contributed by atoms with van der Waals surface area (Å²) >= 11 is 6.07. The monoisotopic (exact) mass is 386 g/mol. The molecule has 0 fully saturated rings. The first-order valence-corrected chi connectivity index (χ1v) is 9.42. The van der Waals surface area contributed by atoms with Crippen molar-refractivity contribution in [3.8, 4) is 5.75 Å². The zero-order valence-electron chi connectivity index (χ0n) is 15.3. The number of anilines is 2. The molecule has 0 bridgehead atoms. The molecule has 1 amide bonds. The van der Waals surface area contributed by atoms with E-state index in [-0.39, 0.29) is 5.91 Å². The van der Waals surface area contributed by atoms with Crippen LogP contribution in [0.3, 0.4) is 0 Å². The third-order valence-electron chi connectivity index (χ3n) is 4.44. The summed E-state index contributed by atoms with van der Waals surface area (Å²) in [6.45, 7) is 0.793. The van der Waals surface area contributed by atoms with Crippen LogP contribution >= 0.6 is 11.6 Å². The van der Waals surface area contributed by atoms with Gasteiger partial charge in [0, 0.05) is 24.6 Å². The van der Waals surface area contributed by atoms with Crippen molar-refractivity contribution in [2.24, 2.45) is 0 Å². The van der Waals surface area contributed by atoms with Gasteiger partial charge in [-0.25, -0.2) is 9.97 Å². The van der Waals surface area contributed by atoms with Gasteiger partial charge in [0.15, 0.2) is 0 Å². The maximum absolute atomic E-state index is 12.3. The van der Waals surface area contributed by atoms with Gasteiger partial charge in [-0.3, -0.25) is 4.79 Å². The van der Waals surface area contributed by atoms with Crippen molar-refractivity contribution in [2.45, 2.75) is 32.1 Å². The highest BCUT2D eigenvalue weighted by Crippen LogP contribution is 2.27. The highest BCUT2D eigenvalue weighted by atomic mass is 35.5. The van der Waals surface area contributed by atoms with Gasteiger partial charge in [-0.05, 0) is 50.3 Å². The van der Waals surface area contributed by atoms with Crippen LogP contribution in [-0.2, 0) is 0 Å². The molecule has 142 valence electrons. The lowest BCUT2D eigenvalue weighted by Gasteiger charge is -2.13. The largest absolute Gasteiger partial charge is 0.495 e. The minimum atomic E-state index is -0.296. The van der Waals surface area contributed by atoms with Crippen molar-refractivity contribution in [3.05, 3.63) is 52.8 Å². The second kappa shape index (κ2) is 9.37. The van der Waals surface area contributed by atoms with E-state index in [0.29, 0.717) is 28.0 Å². The van der Waals surface area contributed by atoms with Gasteiger partial charge in [0.1, 0.15) is 5.75 Å².